The van der Waals surface area contributed by atoms with Crippen LogP contribution in [0.1, 0.15) is 0 Å². The molecule has 0 radical (unpaired) electrons. The molecule has 11 aromatic rings. The van der Waals surface area contributed by atoms with Gasteiger partial charge in [-0.3, -0.25) is 29.5 Å². The molecule has 0 N–H and O–H groups in total. The van der Waals surface area contributed by atoms with Gasteiger partial charge in [-0.25, -0.2) is 0 Å². The number of hydrogen-bond donors (Lipinski definition) is 0. The first kappa shape index (κ1) is 44.4. The van der Waals surface area contributed by atoms with Crippen LogP contribution in [0.15, 0.2) is 216 Å². The third-order valence-electron chi connectivity index (χ3n) is 9.05. The van der Waals surface area contributed by atoms with Crippen LogP contribution in [0.25, 0.3) is 78.3 Å². The summed E-state index contributed by atoms with van der Waals surface area (Å²) in [5, 5.41) is 3.72. The summed E-state index contributed by atoms with van der Waals surface area (Å²) in [4.78, 5) is 57.9. The van der Waals surface area contributed by atoms with Crippen molar-refractivity contribution in [2.75, 3.05) is 0 Å². The second-order valence-corrected chi connectivity index (χ2v) is 13.2. The van der Waals surface area contributed by atoms with Crippen LogP contribution in [-0.4, -0.2) is 19.9 Å². The first-order valence-corrected chi connectivity index (χ1v) is 19.0. The number of nitrogens with zero attached hydrogens (tertiary/aromatic N) is 8. The molecule has 0 spiro atoms. The van der Waals surface area contributed by atoms with Crippen LogP contribution in [-0.2, 0) is 42.1 Å². The Morgan fingerprint density at radius 3 is 1.03 bits per heavy atom. The van der Waals surface area contributed by atoms with E-state index in [1.165, 1.54) is 40.4 Å². The van der Waals surface area contributed by atoms with Gasteiger partial charge in [0, 0.05) is 47.6 Å². The Balaban J connectivity index is 0.000000141. The van der Waals surface area contributed by atoms with Gasteiger partial charge in [0.1, 0.15) is 0 Å². The number of fused-ring (bicyclic) bond motifs is 4. The summed E-state index contributed by atoms with van der Waals surface area (Å²) >= 11 is 0. The monoisotopic (exact) mass is 1170 g/mol. The fourth-order valence-electron chi connectivity index (χ4n) is 6.26. The smallest absolute Gasteiger partial charge is 0.664 e. The van der Waals surface area contributed by atoms with E-state index in [1.54, 1.807) is 24.8 Å². The minimum absolute atomic E-state index is 0. The molecular formula is C50H34N8O2Pt2. The molecule has 0 fully saturated rings. The molecule has 0 aliphatic rings. The Kier molecular flexibility index (Phi) is 15.7. The van der Waals surface area contributed by atoms with Gasteiger partial charge in [-0.2, -0.15) is 6.20 Å². The molecule has 306 valence electrons. The topological polar surface area (TPSA) is 142 Å². The standard InChI is InChI=1S/2C15H11N3O.C12H8N.C8H6N.2Pt/c2*19-11-9-14(12-5-1-3-7-16-12)18-15(10-11)13-6-2-4-8-17-13;1-3-7-11-9(5-1)10-6-2-4-8-12(10)13-11;1-2-4-8-7(3-1)5-6-9-8;;/h2*1-10H,(H,18,19);1-8H;1-6H;;/q;;2*-1;2*+2/p-2. The average Bonchev–Trinajstić information content (AvgIpc) is 3.96. The SMILES string of the molecule is O=c1cc(-c2ccccn2)[n-]c(-c2ccccn2)c1.O=c1cc(-c2ccccn2)[n-]c(-c2ccccn2)c1.[Pt+2].[Pt+2].c1ccc2[n-]ccc2c1.c1ccc2c(c1)[n-]c1ccccc12. The molecule has 11 rings (SSSR count). The van der Waals surface area contributed by atoms with Crippen LogP contribution in [0.5, 0.6) is 0 Å². The van der Waals surface area contributed by atoms with Crippen molar-refractivity contribution in [1.29, 1.82) is 0 Å². The zero-order chi connectivity index (χ0) is 40.9. The molecule has 62 heavy (non-hydrogen) atoms. The first-order chi connectivity index (χ1) is 29.6. The van der Waals surface area contributed by atoms with Crippen LogP contribution in [0, 0.1) is 0 Å². The van der Waals surface area contributed by atoms with Gasteiger partial charge in [0.2, 0.25) is 0 Å². The van der Waals surface area contributed by atoms with E-state index in [9.17, 15) is 9.59 Å². The molecule has 0 saturated heterocycles. The number of benzene rings is 3. The van der Waals surface area contributed by atoms with Crippen LogP contribution >= 0.6 is 0 Å². The predicted octanol–water partition coefficient (Wildman–Crippen LogP) is 9.00. The molecule has 0 saturated carbocycles. The summed E-state index contributed by atoms with van der Waals surface area (Å²) in [6.07, 6.45) is 8.53. The predicted molar refractivity (Wildman–Crippen MR) is 237 cm³/mol. The van der Waals surface area contributed by atoms with E-state index in [2.05, 4.69) is 82.3 Å². The molecule has 3 aromatic carbocycles. The number of aromatic nitrogens is 8. The van der Waals surface area contributed by atoms with E-state index in [1.807, 2.05) is 115 Å². The summed E-state index contributed by atoms with van der Waals surface area (Å²) in [7, 11) is 0. The van der Waals surface area contributed by atoms with E-state index >= 15 is 0 Å². The Labute approximate surface area is 385 Å². The number of pyridine rings is 6. The van der Waals surface area contributed by atoms with Gasteiger partial charge in [-0.05, 0) is 89.0 Å². The van der Waals surface area contributed by atoms with Crippen molar-refractivity contribution >= 4 is 32.7 Å². The quantitative estimate of drug-likeness (QED) is 0.168. The maximum absolute atomic E-state index is 11.8. The van der Waals surface area contributed by atoms with Crippen LogP contribution in [0.3, 0.4) is 0 Å². The Morgan fingerprint density at radius 2 is 0.677 bits per heavy atom. The summed E-state index contributed by atoms with van der Waals surface area (Å²) in [6.45, 7) is 0. The van der Waals surface area contributed by atoms with Gasteiger partial charge >= 0.3 is 42.1 Å². The summed E-state index contributed by atoms with van der Waals surface area (Å²) < 4.78 is 0. The second kappa shape index (κ2) is 21.9. The van der Waals surface area contributed by atoms with Crippen molar-refractivity contribution in [3.8, 4) is 45.6 Å². The minimum Gasteiger partial charge on any atom is -0.664 e. The fraction of sp³-hybridized carbons (Fsp3) is 0. The molecule has 12 heteroatoms. The van der Waals surface area contributed by atoms with Crippen LogP contribution in [0.4, 0.5) is 0 Å². The van der Waals surface area contributed by atoms with Gasteiger partial charge in [0.25, 0.3) is 0 Å². The number of rotatable bonds is 4. The van der Waals surface area contributed by atoms with Crippen molar-refractivity contribution < 1.29 is 42.1 Å². The van der Waals surface area contributed by atoms with E-state index < -0.39 is 0 Å². The average molecular weight is 1170 g/mol. The molecular weight excluding hydrogens is 1130 g/mol. The maximum atomic E-state index is 11.8. The van der Waals surface area contributed by atoms with Crippen molar-refractivity contribution in [3.05, 3.63) is 227 Å². The summed E-state index contributed by atoms with van der Waals surface area (Å²) in [5.41, 5.74) is 8.02. The van der Waals surface area contributed by atoms with Gasteiger partial charge in [-0.1, -0.05) is 103 Å². The van der Waals surface area contributed by atoms with E-state index in [0.717, 1.165) is 16.6 Å². The summed E-state index contributed by atoms with van der Waals surface area (Å²) in [6, 6.07) is 54.5. The van der Waals surface area contributed by atoms with E-state index in [4.69, 9.17) is 0 Å². The zero-order valence-corrected chi connectivity index (χ0v) is 37.2. The molecule has 8 aromatic heterocycles. The Bertz CT molecular complexity index is 2880. The number of para-hydroxylation sites is 3. The molecule has 0 bridgehead atoms. The normalized spacial score (nSPS) is 10.1. The maximum Gasteiger partial charge on any atom is 2.00 e. The molecule has 0 amide bonds. The summed E-state index contributed by atoms with van der Waals surface area (Å²) in [5.74, 6) is 0. The van der Waals surface area contributed by atoms with Gasteiger partial charge in [0.15, 0.2) is 10.9 Å². The number of hydrogen-bond acceptors (Lipinski definition) is 6. The molecule has 8 heterocycles. The molecule has 0 aliphatic carbocycles. The van der Waals surface area contributed by atoms with Crippen molar-refractivity contribution in [2.45, 2.75) is 0 Å². The first-order valence-electron chi connectivity index (χ1n) is 19.0. The zero-order valence-electron chi connectivity index (χ0n) is 32.7. The van der Waals surface area contributed by atoms with Gasteiger partial charge in [0.05, 0.1) is 0 Å². The van der Waals surface area contributed by atoms with Crippen LogP contribution < -0.4 is 30.8 Å². The van der Waals surface area contributed by atoms with Crippen molar-refractivity contribution in [2.24, 2.45) is 0 Å². The van der Waals surface area contributed by atoms with Crippen molar-refractivity contribution in [3.63, 3.8) is 0 Å². The van der Waals surface area contributed by atoms with E-state index in [-0.39, 0.29) is 53.0 Å². The second-order valence-electron chi connectivity index (χ2n) is 13.2. The third kappa shape index (κ3) is 11.4. The Morgan fingerprint density at radius 1 is 0.339 bits per heavy atom. The molecule has 0 atom stereocenters. The third-order valence-corrected chi connectivity index (χ3v) is 9.05. The van der Waals surface area contributed by atoms with Crippen molar-refractivity contribution in [1.82, 2.24) is 39.9 Å². The minimum atomic E-state index is -0.101. The largest absolute Gasteiger partial charge is 2.00 e. The van der Waals surface area contributed by atoms with Gasteiger partial charge < -0.3 is 19.9 Å². The van der Waals surface area contributed by atoms with Gasteiger partial charge in [-0.15, -0.1) is 39.3 Å². The molecule has 0 aliphatic heterocycles. The van der Waals surface area contributed by atoms with Crippen LogP contribution in [0.2, 0.25) is 0 Å². The molecule has 10 nitrogen and oxygen atoms in total. The Hall–Kier alpha value is -7.12. The van der Waals surface area contributed by atoms with E-state index in [0.29, 0.717) is 45.6 Å². The molecule has 0 unspecified atom stereocenters. The fourth-order valence-corrected chi connectivity index (χ4v) is 6.26.